The zero-order chi connectivity index (χ0) is 22.7. The van der Waals surface area contributed by atoms with Gasteiger partial charge in [-0.05, 0) is 104 Å². The molecule has 0 radical (unpaired) electrons. The topological polar surface area (TPSA) is 16.1 Å². The summed E-state index contributed by atoms with van der Waals surface area (Å²) in [5, 5.41) is 0. The highest BCUT2D eigenvalue weighted by molar-refractivity contribution is 5.94. The number of anilines is 3. The second kappa shape index (κ2) is 6.28. The van der Waals surface area contributed by atoms with Gasteiger partial charge in [0, 0.05) is 24.7 Å². The number of benzene rings is 4. The molecule has 0 bridgehead atoms. The van der Waals surface area contributed by atoms with Crippen LogP contribution in [0.4, 0.5) is 17.1 Å². The highest BCUT2D eigenvalue weighted by atomic mass is 15.2. The first-order chi connectivity index (χ1) is 17.3. The highest BCUT2D eigenvalue weighted by Crippen LogP contribution is 2.55. The fraction of sp³-hybridized carbons (Fsp3) is 0.121. The van der Waals surface area contributed by atoms with Crippen molar-refractivity contribution in [1.29, 1.82) is 0 Å². The van der Waals surface area contributed by atoms with Gasteiger partial charge in [0.25, 0.3) is 0 Å². The number of rotatable bonds is 0. The number of nitrogens with zero attached hydrogens (tertiary/aromatic N) is 2. The molecule has 1 aromatic heterocycles. The van der Waals surface area contributed by atoms with Crippen LogP contribution in [0.25, 0.3) is 22.3 Å². The third-order valence-electron chi connectivity index (χ3n) is 8.56. The lowest BCUT2D eigenvalue weighted by molar-refractivity contribution is 0.961. The average molecular weight is 447 g/mol. The molecule has 35 heavy (non-hydrogen) atoms. The van der Waals surface area contributed by atoms with Crippen molar-refractivity contribution < 1.29 is 0 Å². The van der Waals surface area contributed by atoms with Crippen molar-refractivity contribution in [2.24, 2.45) is 0 Å². The first-order valence-corrected chi connectivity index (χ1v) is 12.6. The molecule has 4 aromatic carbocycles. The molecular weight excluding hydrogens is 424 g/mol. The van der Waals surface area contributed by atoms with E-state index < -0.39 is 0 Å². The summed E-state index contributed by atoms with van der Waals surface area (Å²) in [6.07, 6.45) is 5.93. The number of hydrogen-bond acceptors (Lipinski definition) is 2. The van der Waals surface area contributed by atoms with Crippen molar-refractivity contribution in [1.82, 2.24) is 4.98 Å². The van der Waals surface area contributed by atoms with Gasteiger partial charge in [0.15, 0.2) is 0 Å². The molecule has 0 spiro atoms. The Hall–Kier alpha value is -4.17. The second-order valence-corrected chi connectivity index (χ2v) is 10.4. The van der Waals surface area contributed by atoms with Crippen LogP contribution in [0.3, 0.4) is 0 Å². The summed E-state index contributed by atoms with van der Waals surface area (Å²) >= 11 is 0. The van der Waals surface area contributed by atoms with E-state index in [-0.39, 0.29) is 0 Å². The van der Waals surface area contributed by atoms with Gasteiger partial charge in [-0.3, -0.25) is 4.98 Å². The minimum absolute atomic E-state index is 0.896. The van der Waals surface area contributed by atoms with Crippen molar-refractivity contribution in [3.8, 4) is 22.3 Å². The molecule has 0 amide bonds. The standard InChI is InChI=1S/C33H22N2/c1-3-8-24-19(6-1)12-21-13-22-15-28-27(26(22)18-25(21)24)16-23-17-30-32(10-5-11-34-30)35-31-9-4-2-7-20(31)14-29(28)33(23)35/h1-11,13,16,18H,12,14-15,17H2. The van der Waals surface area contributed by atoms with Crippen LogP contribution in [-0.4, -0.2) is 4.98 Å². The van der Waals surface area contributed by atoms with Gasteiger partial charge >= 0.3 is 0 Å². The lowest BCUT2D eigenvalue weighted by Crippen LogP contribution is -2.26. The van der Waals surface area contributed by atoms with Gasteiger partial charge in [0.1, 0.15) is 0 Å². The van der Waals surface area contributed by atoms with Gasteiger partial charge < -0.3 is 4.90 Å². The van der Waals surface area contributed by atoms with Crippen LogP contribution in [0.15, 0.2) is 85.1 Å². The van der Waals surface area contributed by atoms with Crippen molar-refractivity contribution in [3.05, 3.63) is 130 Å². The predicted molar refractivity (Wildman–Crippen MR) is 141 cm³/mol. The summed E-state index contributed by atoms with van der Waals surface area (Å²) in [6, 6.07) is 29.6. The first-order valence-electron chi connectivity index (χ1n) is 12.6. The number of pyridine rings is 1. The van der Waals surface area contributed by atoms with E-state index in [9.17, 15) is 0 Å². The SMILES string of the molecule is c1ccc2c(c1)Cc1cc3c(cc1-2)-c1cc2c4c(c1C3)Cc1ccccc1N4c1cccnc1C2. The molecule has 4 aliphatic rings. The molecule has 2 aliphatic heterocycles. The molecule has 0 fully saturated rings. The zero-order valence-corrected chi connectivity index (χ0v) is 19.3. The molecule has 0 atom stereocenters. The van der Waals surface area contributed by atoms with Crippen LogP contribution in [0.5, 0.6) is 0 Å². The maximum absolute atomic E-state index is 4.81. The lowest BCUT2D eigenvalue weighted by Gasteiger charge is -2.39. The molecule has 3 heterocycles. The number of para-hydroxylation sites is 1. The Bertz CT molecular complexity index is 1750. The summed E-state index contributed by atoms with van der Waals surface area (Å²) in [5.74, 6) is 0. The van der Waals surface area contributed by atoms with E-state index in [1.807, 2.05) is 6.20 Å². The molecule has 2 nitrogen and oxygen atoms in total. The Morgan fingerprint density at radius 1 is 0.514 bits per heavy atom. The summed E-state index contributed by atoms with van der Waals surface area (Å²) in [4.78, 5) is 7.31. The van der Waals surface area contributed by atoms with E-state index in [2.05, 4.69) is 83.8 Å². The van der Waals surface area contributed by atoms with Crippen molar-refractivity contribution in [3.63, 3.8) is 0 Å². The number of aromatic nitrogens is 1. The minimum atomic E-state index is 0.896. The first kappa shape index (κ1) is 18.2. The Kier molecular flexibility index (Phi) is 3.27. The molecule has 0 N–H and O–H groups in total. The normalized spacial score (nSPS) is 14.9. The Balaban J connectivity index is 1.30. The zero-order valence-electron chi connectivity index (χ0n) is 19.3. The van der Waals surface area contributed by atoms with Gasteiger partial charge in [-0.2, -0.15) is 0 Å². The third kappa shape index (κ3) is 2.27. The van der Waals surface area contributed by atoms with E-state index in [4.69, 9.17) is 4.98 Å². The van der Waals surface area contributed by atoms with Crippen LogP contribution < -0.4 is 4.90 Å². The summed E-state index contributed by atoms with van der Waals surface area (Å²) in [6.45, 7) is 0. The molecule has 9 rings (SSSR count). The van der Waals surface area contributed by atoms with Gasteiger partial charge in [0.05, 0.1) is 17.1 Å². The van der Waals surface area contributed by atoms with Crippen molar-refractivity contribution in [2.75, 3.05) is 4.90 Å². The highest BCUT2D eigenvalue weighted by Gasteiger charge is 2.36. The summed E-state index contributed by atoms with van der Waals surface area (Å²) in [5.41, 5.74) is 21.1. The molecular formula is C33H22N2. The maximum Gasteiger partial charge on any atom is 0.0688 e. The predicted octanol–water partition coefficient (Wildman–Crippen LogP) is 7.50. The van der Waals surface area contributed by atoms with Crippen LogP contribution in [-0.2, 0) is 25.7 Å². The number of hydrogen-bond donors (Lipinski definition) is 0. The van der Waals surface area contributed by atoms with Crippen LogP contribution >= 0.6 is 0 Å². The fourth-order valence-corrected chi connectivity index (χ4v) is 7.09. The summed E-state index contributed by atoms with van der Waals surface area (Å²) in [7, 11) is 0. The van der Waals surface area contributed by atoms with Gasteiger partial charge in [-0.1, -0.05) is 48.5 Å². The van der Waals surface area contributed by atoms with E-state index in [0.717, 1.165) is 25.7 Å². The molecule has 2 aliphatic carbocycles. The Labute approximate surface area is 204 Å². The van der Waals surface area contributed by atoms with Crippen molar-refractivity contribution >= 4 is 17.1 Å². The van der Waals surface area contributed by atoms with Crippen LogP contribution in [0.2, 0.25) is 0 Å². The third-order valence-corrected chi connectivity index (χ3v) is 8.56. The second-order valence-electron chi connectivity index (χ2n) is 10.4. The maximum atomic E-state index is 4.81. The van der Waals surface area contributed by atoms with Crippen LogP contribution in [0, 0.1) is 0 Å². The van der Waals surface area contributed by atoms with E-state index in [0.29, 0.717) is 0 Å². The average Bonchev–Trinajstić information content (AvgIpc) is 3.44. The molecule has 0 saturated heterocycles. The fourth-order valence-electron chi connectivity index (χ4n) is 7.09. The summed E-state index contributed by atoms with van der Waals surface area (Å²) < 4.78 is 0. The lowest BCUT2D eigenvalue weighted by atomic mass is 9.83. The van der Waals surface area contributed by atoms with E-state index >= 15 is 0 Å². The van der Waals surface area contributed by atoms with Crippen molar-refractivity contribution in [2.45, 2.75) is 25.7 Å². The molecule has 164 valence electrons. The van der Waals surface area contributed by atoms with Gasteiger partial charge in [-0.25, -0.2) is 0 Å². The van der Waals surface area contributed by atoms with Gasteiger partial charge in [-0.15, -0.1) is 0 Å². The molecule has 0 unspecified atom stereocenters. The number of fused-ring (bicyclic) bond motifs is 11. The smallest absolute Gasteiger partial charge is 0.0688 e. The quantitative estimate of drug-likeness (QED) is 0.240. The monoisotopic (exact) mass is 446 g/mol. The largest absolute Gasteiger partial charge is 0.308 e. The Morgan fingerprint density at radius 2 is 1.29 bits per heavy atom. The van der Waals surface area contributed by atoms with E-state index in [1.165, 1.54) is 84.0 Å². The minimum Gasteiger partial charge on any atom is -0.308 e. The molecule has 0 saturated carbocycles. The molecule has 2 heteroatoms. The van der Waals surface area contributed by atoms with E-state index in [1.54, 1.807) is 0 Å². The van der Waals surface area contributed by atoms with Gasteiger partial charge in [0.2, 0.25) is 0 Å². The molecule has 5 aromatic rings. The Morgan fingerprint density at radius 3 is 2.26 bits per heavy atom. The van der Waals surface area contributed by atoms with Crippen LogP contribution in [0.1, 0.15) is 44.6 Å².